The molecule has 0 bridgehead atoms. The van der Waals surface area contributed by atoms with E-state index in [1.807, 2.05) is 0 Å². The summed E-state index contributed by atoms with van der Waals surface area (Å²) in [6, 6.07) is 7.69. The molecule has 0 spiro atoms. The first-order chi connectivity index (χ1) is 10.9. The van der Waals surface area contributed by atoms with Crippen LogP contribution < -0.4 is 10.2 Å². The second kappa shape index (κ2) is 6.33. The van der Waals surface area contributed by atoms with Crippen molar-refractivity contribution in [2.24, 2.45) is 0 Å². The van der Waals surface area contributed by atoms with Gasteiger partial charge in [-0.25, -0.2) is 0 Å². The molecule has 1 atom stereocenters. The quantitative estimate of drug-likeness (QED) is 0.898. The number of aromatic nitrogens is 1. The van der Waals surface area contributed by atoms with Crippen molar-refractivity contribution in [1.29, 1.82) is 0 Å². The number of rotatable bonds is 4. The van der Waals surface area contributed by atoms with Crippen molar-refractivity contribution >= 4 is 16.6 Å². The molecule has 3 nitrogen and oxygen atoms in total. The molecular formula is C19H27N3. The minimum Gasteiger partial charge on any atom is -0.372 e. The maximum atomic E-state index is 3.61. The molecule has 0 aliphatic carbocycles. The molecule has 2 fully saturated rings. The highest BCUT2D eigenvalue weighted by Gasteiger charge is 2.16. The zero-order valence-electron chi connectivity index (χ0n) is 13.4. The number of aryl methyl sites for hydroxylation is 1. The van der Waals surface area contributed by atoms with Crippen LogP contribution in [0.4, 0.5) is 5.69 Å². The lowest BCUT2D eigenvalue weighted by Crippen LogP contribution is -2.29. The highest BCUT2D eigenvalue weighted by Crippen LogP contribution is 2.28. The van der Waals surface area contributed by atoms with Gasteiger partial charge in [-0.2, -0.15) is 0 Å². The van der Waals surface area contributed by atoms with E-state index in [1.54, 1.807) is 0 Å². The Morgan fingerprint density at radius 1 is 1.09 bits per heavy atom. The molecule has 1 aromatic heterocycles. The SMILES string of the molecule is c1cc2[nH]cc(CCC3CCCN3)c2cc1N1CCCCC1. The van der Waals surface area contributed by atoms with Crippen LogP contribution in [0.15, 0.2) is 24.4 Å². The summed E-state index contributed by atoms with van der Waals surface area (Å²) in [6.07, 6.45) is 11.4. The molecule has 1 unspecified atom stereocenters. The Morgan fingerprint density at radius 2 is 2.00 bits per heavy atom. The summed E-state index contributed by atoms with van der Waals surface area (Å²) in [5.41, 5.74) is 4.18. The van der Waals surface area contributed by atoms with Crippen LogP contribution in [0.3, 0.4) is 0 Å². The fourth-order valence-electron chi connectivity index (χ4n) is 4.05. The van der Waals surface area contributed by atoms with E-state index in [-0.39, 0.29) is 0 Å². The second-order valence-corrected chi connectivity index (χ2v) is 6.92. The third kappa shape index (κ3) is 2.87. The number of H-pyrrole nitrogens is 1. The Bertz CT molecular complexity index is 619. The molecule has 2 N–H and O–H groups in total. The zero-order valence-corrected chi connectivity index (χ0v) is 13.4. The fourth-order valence-corrected chi connectivity index (χ4v) is 4.05. The normalized spacial score (nSPS) is 22.5. The number of anilines is 1. The van der Waals surface area contributed by atoms with E-state index in [0.717, 1.165) is 6.04 Å². The number of aromatic amines is 1. The van der Waals surface area contributed by atoms with Crippen molar-refractivity contribution in [3.8, 4) is 0 Å². The Balaban J connectivity index is 1.53. The van der Waals surface area contributed by atoms with Crippen LogP contribution in [-0.4, -0.2) is 30.7 Å². The molecule has 3 heteroatoms. The molecule has 0 saturated carbocycles. The maximum Gasteiger partial charge on any atom is 0.0458 e. The third-order valence-electron chi connectivity index (χ3n) is 5.40. The number of piperidine rings is 1. The number of nitrogens with one attached hydrogen (secondary N) is 2. The molecule has 2 aromatic rings. The van der Waals surface area contributed by atoms with Crippen LogP contribution in [0, 0.1) is 0 Å². The number of hydrogen-bond acceptors (Lipinski definition) is 2. The Kier molecular flexibility index (Phi) is 4.07. The highest BCUT2D eigenvalue weighted by atomic mass is 15.1. The Morgan fingerprint density at radius 3 is 2.82 bits per heavy atom. The average molecular weight is 297 g/mol. The van der Waals surface area contributed by atoms with Gasteiger partial charge in [0.2, 0.25) is 0 Å². The summed E-state index contributed by atoms with van der Waals surface area (Å²) in [5.74, 6) is 0. The summed E-state index contributed by atoms with van der Waals surface area (Å²) in [5, 5.41) is 5.04. The Hall–Kier alpha value is -1.48. The average Bonchev–Trinajstić information content (AvgIpc) is 3.23. The number of hydrogen-bond donors (Lipinski definition) is 2. The number of nitrogens with zero attached hydrogens (tertiary/aromatic N) is 1. The van der Waals surface area contributed by atoms with Gasteiger partial charge >= 0.3 is 0 Å². The summed E-state index contributed by atoms with van der Waals surface area (Å²) >= 11 is 0. The molecule has 118 valence electrons. The molecule has 1 aromatic carbocycles. The minimum absolute atomic E-state index is 0.732. The van der Waals surface area contributed by atoms with Crippen molar-refractivity contribution in [2.45, 2.75) is 51.0 Å². The zero-order chi connectivity index (χ0) is 14.8. The molecule has 22 heavy (non-hydrogen) atoms. The predicted molar refractivity (Wildman–Crippen MR) is 93.7 cm³/mol. The van der Waals surface area contributed by atoms with Gasteiger partial charge in [0.25, 0.3) is 0 Å². The van der Waals surface area contributed by atoms with Crippen LogP contribution in [0.1, 0.15) is 44.1 Å². The van der Waals surface area contributed by atoms with Crippen LogP contribution in [0.5, 0.6) is 0 Å². The fraction of sp³-hybridized carbons (Fsp3) is 0.579. The molecule has 0 amide bonds. The van der Waals surface area contributed by atoms with E-state index in [1.165, 1.54) is 86.7 Å². The summed E-state index contributed by atoms with van der Waals surface area (Å²) in [7, 11) is 0. The van der Waals surface area contributed by atoms with Gasteiger partial charge in [0.1, 0.15) is 0 Å². The van der Waals surface area contributed by atoms with Crippen molar-refractivity contribution in [3.63, 3.8) is 0 Å². The third-order valence-corrected chi connectivity index (χ3v) is 5.40. The first-order valence-corrected chi connectivity index (χ1v) is 8.98. The van der Waals surface area contributed by atoms with Crippen LogP contribution in [0.2, 0.25) is 0 Å². The van der Waals surface area contributed by atoms with Gasteiger partial charge in [-0.3, -0.25) is 0 Å². The predicted octanol–water partition coefficient (Wildman–Crippen LogP) is 3.84. The summed E-state index contributed by atoms with van der Waals surface area (Å²) in [6.45, 7) is 3.65. The monoisotopic (exact) mass is 297 g/mol. The smallest absolute Gasteiger partial charge is 0.0458 e. The molecule has 2 saturated heterocycles. The van der Waals surface area contributed by atoms with E-state index >= 15 is 0 Å². The van der Waals surface area contributed by atoms with Gasteiger partial charge in [-0.15, -0.1) is 0 Å². The first-order valence-electron chi connectivity index (χ1n) is 8.98. The van der Waals surface area contributed by atoms with Gasteiger partial charge in [0, 0.05) is 41.9 Å². The van der Waals surface area contributed by atoms with Crippen molar-refractivity contribution < 1.29 is 0 Å². The van der Waals surface area contributed by atoms with E-state index in [0.29, 0.717) is 0 Å². The van der Waals surface area contributed by atoms with Gasteiger partial charge in [0.15, 0.2) is 0 Å². The second-order valence-electron chi connectivity index (χ2n) is 6.92. The van der Waals surface area contributed by atoms with E-state index in [4.69, 9.17) is 0 Å². The Labute approximate surface area is 133 Å². The summed E-state index contributed by atoms with van der Waals surface area (Å²) in [4.78, 5) is 6.01. The van der Waals surface area contributed by atoms with E-state index < -0.39 is 0 Å². The lowest BCUT2D eigenvalue weighted by atomic mass is 10.0. The summed E-state index contributed by atoms with van der Waals surface area (Å²) < 4.78 is 0. The van der Waals surface area contributed by atoms with Crippen molar-refractivity contribution in [3.05, 3.63) is 30.0 Å². The largest absolute Gasteiger partial charge is 0.372 e. The molecule has 0 radical (unpaired) electrons. The first kappa shape index (κ1) is 14.1. The van der Waals surface area contributed by atoms with E-state index in [9.17, 15) is 0 Å². The molecule has 3 heterocycles. The van der Waals surface area contributed by atoms with Crippen molar-refractivity contribution in [2.75, 3.05) is 24.5 Å². The van der Waals surface area contributed by atoms with Crippen LogP contribution in [-0.2, 0) is 6.42 Å². The molecule has 2 aliphatic heterocycles. The van der Waals surface area contributed by atoms with Crippen LogP contribution >= 0.6 is 0 Å². The van der Waals surface area contributed by atoms with Crippen molar-refractivity contribution in [1.82, 2.24) is 10.3 Å². The van der Waals surface area contributed by atoms with Gasteiger partial charge in [-0.1, -0.05) is 0 Å². The lowest BCUT2D eigenvalue weighted by Gasteiger charge is -2.28. The maximum absolute atomic E-state index is 3.61. The lowest BCUT2D eigenvalue weighted by molar-refractivity contribution is 0.560. The standard InChI is InChI=1S/C19H27N3/c1-2-11-22(12-3-1)17-8-9-19-18(13-17)15(14-21-19)6-7-16-5-4-10-20-16/h8-9,13-14,16,20-21H,1-7,10-12H2. The highest BCUT2D eigenvalue weighted by molar-refractivity contribution is 5.86. The molecule has 2 aliphatic rings. The van der Waals surface area contributed by atoms with Gasteiger partial charge in [0.05, 0.1) is 0 Å². The van der Waals surface area contributed by atoms with Gasteiger partial charge < -0.3 is 15.2 Å². The number of benzene rings is 1. The van der Waals surface area contributed by atoms with E-state index in [2.05, 4.69) is 39.6 Å². The van der Waals surface area contributed by atoms with Crippen LogP contribution in [0.25, 0.3) is 10.9 Å². The minimum atomic E-state index is 0.732. The molecule has 4 rings (SSSR count). The molecular weight excluding hydrogens is 270 g/mol. The topological polar surface area (TPSA) is 31.1 Å². The van der Waals surface area contributed by atoms with Gasteiger partial charge in [-0.05, 0) is 75.3 Å². The number of fused-ring (bicyclic) bond motifs is 1.